The topological polar surface area (TPSA) is 58.6 Å². The molecule has 4 heteroatoms. The van der Waals surface area contributed by atoms with Crippen molar-refractivity contribution >= 4 is 5.97 Å². The normalized spacial score (nSPS) is 12.7. The lowest BCUT2D eigenvalue weighted by molar-refractivity contribution is -0.141. The van der Waals surface area contributed by atoms with Crippen molar-refractivity contribution in [1.82, 2.24) is 5.32 Å². The summed E-state index contributed by atoms with van der Waals surface area (Å²) in [7, 11) is 0. The number of ether oxygens (including phenoxy) is 1. The smallest absolute Gasteiger partial charge is 0.303 e. The highest BCUT2D eigenvalue weighted by Crippen LogP contribution is 1.75. The minimum absolute atomic E-state index is 0.167. The van der Waals surface area contributed by atoms with Gasteiger partial charge < -0.3 is 9.84 Å². The van der Waals surface area contributed by atoms with Crippen molar-refractivity contribution in [1.29, 1.82) is 0 Å². The predicted octanol–water partition coefficient (Wildman–Crippen LogP) is -0.523. The number of esters is 1. The van der Waals surface area contributed by atoms with Gasteiger partial charge in [0.1, 0.15) is 6.73 Å². The van der Waals surface area contributed by atoms with Crippen LogP contribution in [0, 0.1) is 0 Å². The predicted molar refractivity (Wildman–Crippen MR) is 36.3 cm³/mol. The number of carbonyl (C=O) groups excluding carboxylic acids is 1. The first-order chi connectivity index (χ1) is 4.63. The van der Waals surface area contributed by atoms with Gasteiger partial charge in [-0.1, -0.05) is 0 Å². The van der Waals surface area contributed by atoms with E-state index in [1.807, 2.05) is 0 Å². The molecule has 0 radical (unpaired) electrons. The molecule has 0 aromatic rings. The van der Waals surface area contributed by atoms with Crippen LogP contribution in [0.5, 0.6) is 0 Å². The van der Waals surface area contributed by atoms with Gasteiger partial charge in [0.25, 0.3) is 0 Å². The number of hydrogen-bond donors (Lipinski definition) is 2. The average molecular weight is 147 g/mol. The summed E-state index contributed by atoms with van der Waals surface area (Å²) >= 11 is 0. The Morgan fingerprint density at radius 1 is 1.80 bits per heavy atom. The molecule has 0 bridgehead atoms. The molecule has 0 aromatic carbocycles. The molecule has 0 heterocycles. The third kappa shape index (κ3) is 7.39. The number of aliphatic hydroxyl groups excluding tert-OH is 1. The van der Waals surface area contributed by atoms with Gasteiger partial charge in [-0.15, -0.1) is 0 Å². The average Bonchev–Trinajstić information content (AvgIpc) is 1.79. The van der Waals surface area contributed by atoms with Gasteiger partial charge in [-0.3, -0.25) is 10.1 Å². The SMILES string of the molecule is CC(=O)OCNCC(C)O. The standard InChI is InChI=1S/C6H13NO3/c1-5(8)3-7-4-10-6(2)9/h5,7-8H,3-4H2,1-2H3. The largest absolute Gasteiger partial charge is 0.450 e. The first kappa shape index (κ1) is 9.39. The zero-order chi connectivity index (χ0) is 7.98. The fraction of sp³-hybridized carbons (Fsp3) is 0.833. The molecule has 0 saturated carbocycles. The number of carbonyl (C=O) groups is 1. The molecule has 0 aliphatic rings. The molecular formula is C6H13NO3. The molecule has 1 unspecified atom stereocenters. The van der Waals surface area contributed by atoms with E-state index in [2.05, 4.69) is 10.1 Å². The van der Waals surface area contributed by atoms with Gasteiger partial charge in [0, 0.05) is 13.5 Å². The molecular weight excluding hydrogens is 134 g/mol. The van der Waals surface area contributed by atoms with Crippen LogP contribution in [0.15, 0.2) is 0 Å². The number of hydrogen-bond acceptors (Lipinski definition) is 4. The van der Waals surface area contributed by atoms with Crippen molar-refractivity contribution in [2.45, 2.75) is 20.0 Å². The molecule has 60 valence electrons. The second-order valence-electron chi connectivity index (χ2n) is 2.08. The van der Waals surface area contributed by atoms with E-state index >= 15 is 0 Å². The van der Waals surface area contributed by atoms with Crippen LogP contribution >= 0.6 is 0 Å². The van der Waals surface area contributed by atoms with Gasteiger partial charge in [-0.2, -0.15) is 0 Å². The Labute approximate surface area is 60.2 Å². The Bertz CT molecular complexity index is 103. The summed E-state index contributed by atoms with van der Waals surface area (Å²) in [5, 5.41) is 11.4. The maximum atomic E-state index is 10.2. The minimum Gasteiger partial charge on any atom is -0.450 e. The first-order valence-corrected chi connectivity index (χ1v) is 3.15. The summed E-state index contributed by atoms with van der Waals surface area (Å²) in [6.45, 7) is 3.60. The fourth-order valence-electron chi connectivity index (χ4n) is 0.420. The Balaban J connectivity index is 2.98. The van der Waals surface area contributed by atoms with Crippen LogP contribution < -0.4 is 5.32 Å². The molecule has 0 spiro atoms. The third-order valence-electron chi connectivity index (χ3n) is 0.817. The van der Waals surface area contributed by atoms with E-state index in [0.29, 0.717) is 6.54 Å². The first-order valence-electron chi connectivity index (χ1n) is 3.15. The van der Waals surface area contributed by atoms with Crippen LogP contribution in [0.2, 0.25) is 0 Å². The van der Waals surface area contributed by atoms with Gasteiger partial charge >= 0.3 is 5.97 Å². The molecule has 0 amide bonds. The summed E-state index contributed by atoms with van der Waals surface area (Å²) < 4.78 is 4.53. The van der Waals surface area contributed by atoms with Crippen LogP contribution in [-0.2, 0) is 9.53 Å². The summed E-state index contributed by atoms with van der Waals surface area (Å²) in [6, 6.07) is 0. The molecule has 0 aliphatic carbocycles. The molecule has 2 N–H and O–H groups in total. The van der Waals surface area contributed by atoms with Gasteiger partial charge in [0.2, 0.25) is 0 Å². The fourth-order valence-corrected chi connectivity index (χ4v) is 0.420. The monoisotopic (exact) mass is 147 g/mol. The van der Waals surface area contributed by atoms with Crippen molar-refractivity contribution in [3.05, 3.63) is 0 Å². The molecule has 0 saturated heterocycles. The third-order valence-corrected chi connectivity index (χ3v) is 0.817. The van der Waals surface area contributed by atoms with Crippen molar-refractivity contribution < 1.29 is 14.6 Å². The lowest BCUT2D eigenvalue weighted by atomic mass is 10.4. The van der Waals surface area contributed by atoms with Gasteiger partial charge in [0.05, 0.1) is 6.10 Å². The summed E-state index contributed by atoms with van der Waals surface area (Å²) in [5.74, 6) is -0.321. The van der Waals surface area contributed by atoms with E-state index in [0.717, 1.165) is 0 Å². The lowest BCUT2D eigenvalue weighted by Gasteiger charge is -2.05. The number of rotatable bonds is 4. The highest BCUT2D eigenvalue weighted by atomic mass is 16.5. The van der Waals surface area contributed by atoms with E-state index in [9.17, 15) is 4.79 Å². The molecule has 0 fully saturated rings. The van der Waals surface area contributed by atoms with Crippen LogP contribution in [0.25, 0.3) is 0 Å². The molecule has 0 aliphatic heterocycles. The van der Waals surface area contributed by atoms with Crippen molar-refractivity contribution in [3.63, 3.8) is 0 Å². The van der Waals surface area contributed by atoms with Gasteiger partial charge in [-0.25, -0.2) is 0 Å². The van der Waals surface area contributed by atoms with Crippen molar-refractivity contribution in [2.24, 2.45) is 0 Å². The van der Waals surface area contributed by atoms with Gasteiger partial charge in [-0.05, 0) is 6.92 Å². The molecule has 4 nitrogen and oxygen atoms in total. The molecule has 0 rings (SSSR count). The Kier molecular flexibility index (Phi) is 4.88. The van der Waals surface area contributed by atoms with Crippen LogP contribution in [-0.4, -0.2) is 30.5 Å². The second kappa shape index (κ2) is 5.20. The maximum absolute atomic E-state index is 10.2. The zero-order valence-corrected chi connectivity index (χ0v) is 6.26. The van der Waals surface area contributed by atoms with Crippen LogP contribution in [0.4, 0.5) is 0 Å². The Morgan fingerprint density at radius 3 is 2.80 bits per heavy atom. The minimum atomic E-state index is -0.407. The molecule has 1 atom stereocenters. The maximum Gasteiger partial charge on any atom is 0.303 e. The summed E-state index contributed by atoms with van der Waals surface area (Å²) in [6.07, 6.45) is -0.407. The van der Waals surface area contributed by atoms with Crippen LogP contribution in [0.1, 0.15) is 13.8 Å². The zero-order valence-electron chi connectivity index (χ0n) is 6.26. The van der Waals surface area contributed by atoms with E-state index in [-0.39, 0.29) is 12.7 Å². The van der Waals surface area contributed by atoms with Gasteiger partial charge in [0.15, 0.2) is 0 Å². The van der Waals surface area contributed by atoms with E-state index in [4.69, 9.17) is 5.11 Å². The summed E-state index contributed by atoms with van der Waals surface area (Å²) in [4.78, 5) is 10.2. The highest BCUT2D eigenvalue weighted by molar-refractivity contribution is 5.65. The van der Waals surface area contributed by atoms with E-state index in [1.165, 1.54) is 6.92 Å². The Morgan fingerprint density at radius 2 is 2.40 bits per heavy atom. The summed E-state index contributed by atoms with van der Waals surface area (Å²) in [5.41, 5.74) is 0. The quantitative estimate of drug-likeness (QED) is 0.319. The van der Waals surface area contributed by atoms with Crippen LogP contribution in [0.3, 0.4) is 0 Å². The highest BCUT2D eigenvalue weighted by Gasteiger charge is 1.94. The Hall–Kier alpha value is -0.610. The second-order valence-corrected chi connectivity index (χ2v) is 2.08. The lowest BCUT2D eigenvalue weighted by Crippen LogP contribution is -2.27. The molecule has 10 heavy (non-hydrogen) atoms. The van der Waals surface area contributed by atoms with E-state index in [1.54, 1.807) is 6.92 Å². The molecule has 0 aromatic heterocycles. The number of nitrogens with one attached hydrogen (secondary N) is 1. The number of aliphatic hydroxyl groups is 1. The van der Waals surface area contributed by atoms with Crippen molar-refractivity contribution in [3.8, 4) is 0 Å². The van der Waals surface area contributed by atoms with Crippen molar-refractivity contribution in [2.75, 3.05) is 13.3 Å². The van der Waals surface area contributed by atoms with E-state index < -0.39 is 6.10 Å².